The molecule has 1 unspecified atom stereocenters. The maximum absolute atomic E-state index is 12.3. The summed E-state index contributed by atoms with van der Waals surface area (Å²) in [7, 11) is 0. The van der Waals surface area contributed by atoms with E-state index in [9.17, 15) is 14.7 Å². The van der Waals surface area contributed by atoms with Crippen molar-refractivity contribution in [1.29, 1.82) is 0 Å². The van der Waals surface area contributed by atoms with E-state index in [1.807, 2.05) is 51.1 Å². The van der Waals surface area contributed by atoms with Gasteiger partial charge in [0.25, 0.3) is 0 Å². The predicted octanol–water partition coefficient (Wildman–Crippen LogP) is 3.10. The quantitative estimate of drug-likeness (QED) is 0.891. The molecule has 0 saturated carbocycles. The van der Waals surface area contributed by atoms with Crippen molar-refractivity contribution in [2.75, 3.05) is 0 Å². The molecule has 0 aliphatic carbocycles. The van der Waals surface area contributed by atoms with Gasteiger partial charge in [-0.2, -0.15) is 0 Å². The van der Waals surface area contributed by atoms with Crippen molar-refractivity contribution < 1.29 is 14.7 Å². The second-order valence-corrected chi connectivity index (χ2v) is 5.73. The number of hydrogen-bond acceptors (Lipinski definition) is 2. The summed E-state index contributed by atoms with van der Waals surface area (Å²) in [6, 6.07) is 12.0. The molecule has 0 aliphatic rings. The SMILES string of the molecule is Cc1ccccc1CC(=O)NC(C(=O)O)c1cccc(C)c1C. The van der Waals surface area contributed by atoms with E-state index < -0.39 is 12.0 Å². The van der Waals surface area contributed by atoms with Gasteiger partial charge in [-0.05, 0) is 48.6 Å². The number of rotatable bonds is 5. The van der Waals surface area contributed by atoms with E-state index in [1.54, 1.807) is 12.1 Å². The number of carbonyl (C=O) groups excluding carboxylic acids is 1. The summed E-state index contributed by atoms with van der Waals surface area (Å²) in [5.41, 5.74) is 4.42. The van der Waals surface area contributed by atoms with E-state index in [1.165, 1.54) is 0 Å². The van der Waals surface area contributed by atoms with Crippen molar-refractivity contribution in [3.63, 3.8) is 0 Å². The summed E-state index contributed by atoms with van der Waals surface area (Å²) in [5.74, 6) is -1.36. The zero-order valence-electron chi connectivity index (χ0n) is 13.6. The molecule has 0 aromatic heterocycles. The lowest BCUT2D eigenvalue weighted by Gasteiger charge is -2.18. The molecule has 0 aliphatic heterocycles. The van der Waals surface area contributed by atoms with Gasteiger partial charge in [0.15, 0.2) is 6.04 Å². The smallest absolute Gasteiger partial charge is 0.330 e. The molecule has 2 aromatic rings. The third kappa shape index (κ3) is 3.97. The van der Waals surface area contributed by atoms with E-state index in [0.29, 0.717) is 5.56 Å². The zero-order chi connectivity index (χ0) is 17.0. The molecule has 2 N–H and O–H groups in total. The van der Waals surface area contributed by atoms with Crippen molar-refractivity contribution in [1.82, 2.24) is 5.32 Å². The van der Waals surface area contributed by atoms with Gasteiger partial charge < -0.3 is 10.4 Å². The van der Waals surface area contributed by atoms with Crippen LogP contribution in [0.5, 0.6) is 0 Å². The summed E-state index contributed by atoms with van der Waals surface area (Å²) in [5, 5.41) is 12.1. The molecule has 0 heterocycles. The number of carboxylic acids is 1. The van der Waals surface area contributed by atoms with E-state index in [2.05, 4.69) is 5.32 Å². The van der Waals surface area contributed by atoms with Crippen LogP contribution in [0.15, 0.2) is 42.5 Å². The van der Waals surface area contributed by atoms with Crippen LogP contribution in [0.3, 0.4) is 0 Å². The second-order valence-electron chi connectivity index (χ2n) is 5.73. The Hall–Kier alpha value is -2.62. The van der Waals surface area contributed by atoms with Crippen LogP contribution in [0.25, 0.3) is 0 Å². The standard InChI is InChI=1S/C19H21NO3/c1-12-8-6-10-16(14(12)3)18(19(22)23)20-17(21)11-15-9-5-4-7-13(15)2/h4-10,18H,11H2,1-3H3,(H,20,21)(H,22,23). The topological polar surface area (TPSA) is 66.4 Å². The van der Waals surface area contributed by atoms with Crippen molar-refractivity contribution in [3.05, 3.63) is 70.3 Å². The summed E-state index contributed by atoms with van der Waals surface area (Å²) < 4.78 is 0. The van der Waals surface area contributed by atoms with Crippen LogP contribution in [0, 0.1) is 20.8 Å². The minimum Gasteiger partial charge on any atom is -0.479 e. The fourth-order valence-electron chi connectivity index (χ4n) is 2.55. The summed E-state index contributed by atoms with van der Waals surface area (Å²) in [6.45, 7) is 5.73. The van der Waals surface area contributed by atoms with Gasteiger partial charge in [-0.3, -0.25) is 4.79 Å². The molecule has 0 bridgehead atoms. The Morgan fingerprint density at radius 2 is 1.65 bits per heavy atom. The highest BCUT2D eigenvalue weighted by Gasteiger charge is 2.24. The van der Waals surface area contributed by atoms with Gasteiger partial charge >= 0.3 is 5.97 Å². The fourth-order valence-corrected chi connectivity index (χ4v) is 2.55. The number of carbonyl (C=O) groups is 2. The number of benzene rings is 2. The van der Waals surface area contributed by atoms with Gasteiger partial charge in [0.2, 0.25) is 5.91 Å². The molecule has 1 atom stereocenters. The fraction of sp³-hybridized carbons (Fsp3) is 0.263. The highest BCUT2D eigenvalue weighted by atomic mass is 16.4. The van der Waals surface area contributed by atoms with Crippen LogP contribution in [0.1, 0.15) is 33.9 Å². The lowest BCUT2D eigenvalue weighted by atomic mass is 9.97. The Morgan fingerprint density at radius 1 is 1.00 bits per heavy atom. The first kappa shape index (κ1) is 16.7. The third-order valence-electron chi connectivity index (χ3n) is 4.12. The number of aliphatic carboxylic acids is 1. The minimum atomic E-state index is -1.06. The molecule has 23 heavy (non-hydrogen) atoms. The Balaban J connectivity index is 2.20. The summed E-state index contributed by atoms with van der Waals surface area (Å²) in [6.07, 6.45) is 0.168. The molecule has 2 aromatic carbocycles. The molecule has 0 fully saturated rings. The molecule has 0 saturated heterocycles. The van der Waals surface area contributed by atoms with Crippen LogP contribution >= 0.6 is 0 Å². The van der Waals surface area contributed by atoms with Gasteiger partial charge in [0.1, 0.15) is 0 Å². The van der Waals surface area contributed by atoms with Gasteiger partial charge in [0, 0.05) is 0 Å². The van der Waals surface area contributed by atoms with Crippen LogP contribution in [-0.2, 0) is 16.0 Å². The highest BCUT2D eigenvalue weighted by molar-refractivity contribution is 5.86. The molecule has 4 heteroatoms. The van der Waals surface area contributed by atoms with Gasteiger partial charge in [-0.1, -0.05) is 42.5 Å². The summed E-state index contributed by atoms with van der Waals surface area (Å²) >= 11 is 0. The number of nitrogens with one attached hydrogen (secondary N) is 1. The first-order chi connectivity index (χ1) is 10.9. The average molecular weight is 311 g/mol. The minimum absolute atomic E-state index is 0.168. The van der Waals surface area contributed by atoms with Crippen molar-refractivity contribution in [3.8, 4) is 0 Å². The van der Waals surface area contributed by atoms with E-state index in [0.717, 1.165) is 22.3 Å². The number of amides is 1. The maximum Gasteiger partial charge on any atom is 0.330 e. The maximum atomic E-state index is 12.3. The van der Waals surface area contributed by atoms with Crippen molar-refractivity contribution >= 4 is 11.9 Å². The number of aryl methyl sites for hydroxylation is 2. The molecule has 2 rings (SSSR count). The van der Waals surface area contributed by atoms with Crippen molar-refractivity contribution in [2.24, 2.45) is 0 Å². The normalized spacial score (nSPS) is 11.8. The Labute approximate surface area is 136 Å². The molecule has 120 valence electrons. The van der Waals surface area contributed by atoms with Gasteiger partial charge in [0.05, 0.1) is 6.42 Å². The summed E-state index contributed by atoms with van der Waals surface area (Å²) in [4.78, 5) is 23.9. The third-order valence-corrected chi connectivity index (χ3v) is 4.12. The van der Waals surface area contributed by atoms with E-state index >= 15 is 0 Å². The molecule has 0 radical (unpaired) electrons. The first-order valence-electron chi connectivity index (χ1n) is 7.53. The molecule has 1 amide bonds. The van der Waals surface area contributed by atoms with Gasteiger partial charge in [-0.25, -0.2) is 4.79 Å². The largest absolute Gasteiger partial charge is 0.479 e. The van der Waals surface area contributed by atoms with Crippen LogP contribution in [0.4, 0.5) is 0 Å². The monoisotopic (exact) mass is 311 g/mol. The lowest BCUT2D eigenvalue weighted by Crippen LogP contribution is -2.35. The van der Waals surface area contributed by atoms with E-state index in [4.69, 9.17) is 0 Å². The van der Waals surface area contributed by atoms with Gasteiger partial charge in [-0.15, -0.1) is 0 Å². The Bertz CT molecular complexity index is 737. The van der Waals surface area contributed by atoms with Crippen LogP contribution in [-0.4, -0.2) is 17.0 Å². The number of carboxylic acid groups (broad SMARTS) is 1. The highest BCUT2D eigenvalue weighted by Crippen LogP contribution is 2.21. The van der Waals surface area contributed by atoms with E-state index in [-0.39, 0.29) is 12.3 Å². The lowest BCUT2D eigenvalue weighted by molar-refractivity contribution is -0.142. The van der Waals surface area contributed by atoms with Crippen LogP contribution < -0.4 is 5.32 Å². The second kappa shape index (κ2) is 7.09. The Kier molecular flexibility index (Phi) is 5.16. The van der Waals surface area contributed by atoms with Crippen molar-refractivity contribution in [2.45, 2.75) is 33.2 Å². The predicted molar refractivity (Wildman–Crippen MR) is 89.3 cm³/mol. The zero-order valence-corrected chi connectivity index (χ0v) is 13.6. The molecule has 4 nitrogen and oxygen atoms in total. The molecular formula is C19H21NO3. The number of hydrogen-bond donors (Lipinski definition) is 2. The average Bonchev–Trinajstić information content (AvgIpc) is 2.50. The Morgan fingerprint density at radius 3 is 2.30 bits per heavy atom. The first-order valence-corrected chi connectivity index (χ1v) is 7.53. The molecule has 0 spiro atoms. The van der Waals surface area contributed by atoms with Crippen LogP contribution in [0.2, 0.25) is 0 Å². The molecular weight excluding hydrogens is 290 g/mol.